The molecule has 10 heteroatoms. The molecule has 200 valence electrons. The second-order valence-electron chi connectivity index (χ2n) is 8.94. The summed E-state index contributed by atoms with van der Waals surface area (Å²) in [4.78, 5) is 50.7. The third kappa shape index (κ3) is 9.21. The third-order valence-corrected chi connectivity index (χ3v) is 5.58. The zero-order chi connectivity index (χ0) is 27.4. The van der Waals surface area contributed by atoms with Gasteiger partial charge in [0, 0.05) is 18.7 Å². The van der Waals surface area contributed by atoms with Crippen molar-refractivity contribution in [3.05, 3.63) is 65.5 Å². The smallest absolute Gasteiger partial charge is 0.315 e. The molecule has 0 aliphatic heterocycles. The average molecular weight is 515 g/mol. The number of ketones is 1. The summed E-state index contributed by atoms with van der Waals surface area (Å²) in [6.45, 7) is 5.62. The van der Waals surface area contributed by atoms with Crippen molar-refractivity contribution in [1.29, 1.82) is 0 Å². The molecule has 0 saturated heterocycles. The van der Waals surface area contributed by atoms with Crippen LogP contribution in [0.15, 0.2) is 48.5 Å². The van der Waals surface area contributed by atoms with E-state index in [1.54, 1.807) is 13.0 Å². The zero-order valence-electron chi connectivity index (χ0n) is 21.6. The number of rotatable bonds is 13. The number of urea groups is 1. The molecule has 2 atom stereocenters. The first kappa shape index (κ1) is 29.3. The number of halogens is 1. The molecule has 9 nitrogen and oxygen atoms in total. The lowest BCUT2D eigenvalue weighted by atomic mass is 10.0. The van der Waals surface area contributed by atoms with E-state index in [4.69, 9.17) is 4.74 Å². The van der Waals surface area contributed by atoms with Crippen molar-refractivity contribution >= 4 is 23.6 Å². The Labute approximate surface area is 216 Å². The number of para-hydroxylation sites is 1. The highest BCUT2D eigenvalue weighted by Gasteiger charge is 2.29. The summed E-state index contributed by atoms with van der Waals surface area (Å²) in [5, 5.41) is 10.4. The van der Waals surface area contributed by atoms with Gasteiger partial charge in [-0.2, -0.15) is 0 Å². The lowest BCUT2D eigenvalue weighted by Crippen LogP contribution is -2.55. The summed E-state index contributed by atoms with van der Waals surface area (Å²) in [6, 6.07) is 11.1. The number of amides is 4. The SMILES string of the molecule is CCC(NC(=O)[C@H](CC(C)C)NC(=O)NCc1ccccc1)C(=O)C(=O)NCc1cccc(F)c1OC. The normalized spacial score (nSPS) is 12.3. The van der Waals surface area contributed by atoms with E-state index < -0.39 is 41.5 Å². The van der Waals surface area contributed by atoms with Crippen LogP contribution in [0.2, 0.25) is 0 Å². The number of carbonyl (C=O) groups is 4. The van der Waals surface area contributed by atoms with Gasteiger partial charge in [-0.25, -0.2) is 9.18 Å². The molecule has 2 aromatic rings. The highest BCUT2D eigenvalue weighted by Crippen LogP contribution is 2.21. The van der Waals surface area contributed by atoms with Crippen molar-refractivity contribution in [2.75, 3.05) is 7.11 Å². The van der Waals surface area contributed by atoms with Gasteiger partial charge in [0.05, 0.1) is 13.2 Å². The average Bonchev–Trinajstić information content (AvgIpc) is 2.88. The summed E-state index contributed by atoms with van der Waals surface area (Å²) in [7, 11) is 1.31. The van der Waals surface area contributed by atoms with Gasteiger partial charge >= 0.3 is 6.03 Å². The number of ether oxygens (including phenoxy) is 1. The molecule has 0 heterocycles. The van der Waals surface area contributed by atoms with Gasteiger partial charge in [0.25, 0.3) is 5.91 Å². The van der Waals surface area contributed by atoms with Crippen LogP contribution in [0, 0.1) is 11.7 Å². The Morgan fingerprint density at radius 3 is 2.22 bits per heavy atom. The second-order valence-corrected chi connectivity index (χ2v) is 8.94. The zero-order valence-corrected chi connectivity index (χ0v) is 21.6. The topological polar surface area (TPSA) is 126 Å². The summed E-state index contributed by atoms with van der Waals surface area (Å²) in [5.41, 5.74) is 1.27. The van der Waals surface area contributed by atoms with Crippen LogP contribution in [-0.4, -0.2) is 42.8 Å². The van der Waals surface area contributed by atoms with Gasteiger partial charge in [0.1, 0.15) is 6.04 Å². The number of methoxy groups -OCH3 is 1. The van der Waals surface area contributed by atoms with E-state index in [2.05, 4.69) is 21.3 Å². The van der Waals surface area contributed by atoms with Gasteiger partial charge in [-0.1, -0.05) is 63.2 Å². The minimum Gasteiger partial charge on any atom is -0.493 e. The Bertz CT molecular complexity index is 1080. The van der Waals surface area contributed by atoms with Crippen molar-refractivity contribution in [1.82, 2.24) is 21.3 Å². The van der Waals surface area contributed by atoms with Gasteiger partial charge in [-0.05, 0) is 30.4 Å². The second kappa shape index (κ2) is 14.6. The molecule has 0 aliphatic carbocycles. The number of hydrogen-bond donors (Lipinski definition) is 4. The molecular formula is C27H35FN4O5. The maximum Gasteiger partial charge on any atom is 0.315 e. The molecule has 0 radical (unpaired) electrons. The quantitative estimate of drug-likeness (QED) is 0.306. The van der Waals surface area contributed by atoms with Crippen molar-refractivity contribution in [2.24, 2.45) is 5.92 Å². The van der Waals surface area contributed by atoms with Crippen LogP contribution in [0.25, 0.3) is 0 Å². The van der Waals surface area contributed by atoms with E-state index in [1.165, 1.54) is 19.2 Å². The summed E-state index contributed by atoms with van der Waals surface area (Å²) in [6.07, 6.45) is 0.497. The fourth-order valence-corrected chi connectivity index (χ4v) is 3.66. The highest BCUT2D eigenvalue weighted by atomic mass is 19.1. The molecule has 0 saturated carbocycles. The minimum absolute atomic E-state index is 0.0243. The Hall–Kier alpha value is -3.95. The Balaban J connectivity index is 1.98. The molecule has 0 aliphatic rings. The first-order valence-corrected chi connectivity index (χ1v) is 12.2. The molecule has 2 aromatic carbocycles. The molecule has 1 unspecified atom stereocenters. The number of carbonyl (C=O) groups excluding carboxylic acids is 4. The predicted octanol–water partition coefficient (Wildman–Crippen LogP) is 2.83. The van der Waals surface area contributed by atoms with Gasteiger partial charge in [-0.15, -0.1) is 0 Å². The summed E-state index contributed by atoms with van der Waals surface area (Å²) >= 11 is 0. The number of nitrogens with one attached hydrogen (secondary N) is 4. The predicted molar refractivity (Wildman–Crippen MR) is 137 cm³/mol. The maximum atomic E-state index is 13.9. The molecule has 0 aromatic heterocycles. The number of Topliss-reactive ketones (excluding diaryl/α,β-unsaturated/α-hetero) is 1. The molecule has 37 heavy (non-hydrogen) atoms. The molecule has 4 N–H and O–H groups in total. The Morgan fingerprint density at radius 1 is 0.892 bits per heavy atom. The van der Waals surface area contributed by atoms with Gasteiger partial charge < -0.3 is 26.0 Å². The largest absolute Gasteiger partial charge is 0.493 e. The van der Waals surface area contributed by atoms with E-state index in [0.29, 0.717) is 12.0 Å². The minimum atomic E-state index is -1.09. The van der Waals surface area contributed by atoms with Gasteiger partial charge in [0.15, 0.2) is 11.6 Å². The summed E-state index contributed by atoms with van der Waals surface area (Å²) < 4.78 is 18.9. The van der Waals surface area contributed by atoms with E-state index in [1.807, 2.05) is 44.2 Å². The molecule has 4 amide bonds. The lowest BCUT2D eigenvalue weighted by molar-refractivity contribution is -0.140. The maximum absolute atomic E-state index is 13.9. The fraction of sp³-hybridized carbons (Fsp3) is 0.407. The van der Waals surface area contributed by atoms with Crippen LogP contribution in [0.5, 0.6) is 5.75 Å². The molecular weight excluding hydrogens is 479 g/mol. The first-order chi connectivity index (χ1) is 17.7. The van der Waals surface area contributed by atoms with Gasteiger partial charge in [0.2, 0.25) is 11.7 Å². The van der Waals surface area contributed by atoms with Crippen LogP contribution < -0.4 is 26.0 Å². The monoisotopic (exact) mass is 514 g/mol. The van der Waals surface area contributed by atoms with Gasteiger partial charge in [-0.3, -0.25) is 14.4 Å². The van der Waals surface area contributed by atoms with Crippen molar-refractivity contribution in [3.8, 4) is 5.75 Å². The Morgan fingerprint density at radius 2 is 1.59 bits per heavy atom. The fourth-order valence-electron chi connectivity index (χ4n) is 3.66. The van der Waals surface area contributed by atoms with Crippen LogP contribution in [-0.2, 0) is 27.5 Å². The third-order valence-electron chi connectivity index (χ3n) is 5.58. The van der Waals surface area contributed by atoms with E-state index in [9.17, 15) is 23.6 Å². The van der Waals surface area contributed by atoms with E-state index >= 15 is 0 Å². The van der Waals surface area contributed by atoms with E-state index in [-0.39, 0.29) is 31.2 Å². The van der Waals surface area contributed by atoms with Crippen LogP contribution in [0.4, 0.5) is 9.18 Å². The van der Waals surface area contributed by atoms with Crippen molar-refractivity contribution < 1.29 is 28.3 Å². The number of hydrogen-bond acceptors (Lipinski definition) is 5. The first-order valence-electron chi connectivity index (χ1n) is 12.2. The van der Waals surface area contributed by atoms with Crippen LogP contribution in [0.3, 0.4) is 0 Å². The summed E-state index contributed by atoms with van der Waals surface area (Å²) in [5.74, 6) is -2.87. The van der Waals surface area contributed by atoms with E-state index in [0.717, 1.165) is 5.56 Å². The highest BCUT2D eigenvalue weighted by molar-refractivity contribution is 6.38. The number of benzene rings is 2. The molecule has 0 bridgehead atoms. The molecule has 0 fully saturated rings. The van der Waals surface area contributed by atoms with Crippen molar-refractivity contribution in [3.63, 3.8) is 0 Å². The lowest BCUT2D eigenvalue weighted by Gasteiger charge is -2.23. The Kier molecular flexibility index (Phi) is 11.5. The molecule has 2 rings (SSSR count). The van der Waals surface area contributed by atoms with Crippen LogP contribution >= 0.6 is 0 Å². The standard InChI is InChI=1S/C27H35FN4O5/c1-5-21(23(33)26(35)29-16-19-12-9-13-20(28)24(19)37-4)31-25(34)22(14-17(2)3)32-27(36)30-15-18-10-7-6-8-11-18/h6-13,17,21-22H,5,14-16H2,1-4H3,(H,29,35)(H,31,34)(H2,30,32,36)/t21?,22-/m0/s1. The van der Waals surface area contributed by atoms with Crippen molar-refractivity contribution in [2.45, 2.75) is 58.8 Å². The molecule has 0 spiro atoms. The van der Waals surface area contributed by atoms with Crippen LogP contribution in [0.1, 0.15) is 44.7 Å².